The molecule has 0 spiro atoms. The van der Waals surface area contributed by atoms with Gasteiger partial charge in [0, 0.05) is 43.5 Å². The molecular weight excluding hydrogens is 412 g/mol. The standard InChI is InChI=1S/C27H32N4O2/c1-20-9-11-23(12-10-20)19-31-22(3)24(21(2)28-31)13-14-27(32)30-17-15-29(16-18-30)25-7-5-6-8-26(25)33-4/h5-14H,15-19H2,1-4H3/b14-13+. The molecule has 6 nitrogen and oxygen atoms in total. The number of amides is 1. The molecule has 1 saturated heterocycles. The van der Waals surface area contributed by atoms with Gasteiger partial charge in [0.25, 0.3) is 0 Å². The lowest BCUT2D eigenvalue weighted by Gasteiger charge is -2.36. The number of methoxy groups -OCH3 is 1. The fourth-order valence-corrected chi connectivity index (χ4v) is 4.29. The summed E-state index contributed by atoms with van der Waals surface area (Å²) in [4.78, 5) is 17.0. The zero-order valence-corrected chi connectivity index (χ0v) is 19.9. The summed E-state index contributed by atoms with van der Waals surface area (Å²) < 4.78 is 7.50. The summed E-state index contributed by atoms with van der Waals surface area (Å²) in [6.07, 6.45) is 3.60. The van der Waals surface area contributed by atoms with Crippen molar-refractivity contribution in [3.8, 4) is 5.75 Å². The predicted octanol–water partition coefficient (Wildman–Crippen LogP) is 4.23. The van der Waals surface area contributed by atoms with Crippen molar-refractivity contribution in [3.05, 3.63) is 82.7 Å². The van der Waals surface area contributed by atoms with Crippen LogP contribution in [0.15, 0.2) is 54.6 Å². The first-order valence-corrected chi connectivity index (χ1v) is 11.4. The van der Waals surface area contributed by atoms with Gasteiger partial charge >= 0.3 is 0 Å². The quantitative estimate of drug-likeness (QED) is 0.534. The highest BCUT2D eigenvalue weighted by molar-refractivity contribution is 5.92. The maximum Gasteiger partial charge on any atom is 0.246 e. The molecule has 0 aliphatic carbocycles. The number of piperazine rings is 1. The Bertz CT molecular complexity index is 1140. The molecule has 0 unspecified atom stereocenters. The van der Waals surface area contributed by atoms with Crippen LogP contribution in [0.5, 0.6) is 5.75 Å². The zero-order valence-electron chi connectivity index (χ0n) is 19.9. The third kappa shape index (κ3) is 5.11. The number of ether oxygens (including phenoxy) is 1. The number of para-hydroxylation sites is 2. The molecule has 2 aromatic carbocycles. The van der Waals surface area contributed by atoms with E-state index in [1.807, 2.05) is 40.8 Å². The number of hydrogen-bond acceptors (Lipinski definition) is 4. The molecule has 1 fully saturated rings. The van der Waals surface area contributed by atoms with Gasteiger partial charge in [0.1, 0.15) is 5.75 Å². The molecule has 4 rings (SSSR count). The van der Waals surface area contributed by atoms with Gasteiger partial charge in [0.15, 0.2) is 0 Å². The van der Waals surface area contributed by atoms with E-state index >= 15 is 0 Å². The smallest absolute Gasteiger partial charge is 0.246 e. The highest BCUT2D eigenvalue weighted by Crippen LogP contribution is 2.28. The molecule has 172 valence electrons. The van der Waals surface area contributed by atoms with E-state index in [9.17, 15) is 4.79 Å². The van der Waals surface area contributed by atoms with Crippen molar-refractivity contribution < 1.29 is 9.53 Å². The molecule has 1 aliphatic rings. The first kappa shape index (κ1) is 22.6. The van der Waals surface area contributed by atoms with Gasteiger partial charge in [-0.1, -0.05) is 42.0 Å². The van der Waals surface area contributed by atoms with Crippen molar-refractivity contribution >= 4 is 17.7 Å². The van der Waals surface area contributed by atoms with E-state index in [4.69, 9.17) is 9.84 Å². The van der Waals surface area contributed by atoms with Crippen LogP contribution in [0.1, 0.15) is 28.1 Å². The first-order chi connectivity index (χ1) is 16.0. The Morgan fingerprint density at radius 3 is 2.39 bits per heavy atom. The number of aromatic nitrogens is 2. The van der Waals surface area contributed by atoms with Crippen LogP contribution in [-0.2, 0) is 11.3 Å². The molecule has 6 heteroatoms. The zero-order chi connectivity index (χ0) is 23.4. The van der Waals surface area contributed by atoms with Crippen molar-refractivity contribution in [2.45, 2.75) is 27.3 Å². The number of hydrogen-bond donors (Lipinski definition) is 0. The summed E-state index contributed by atoms with van der Waals surface area (Å²) in [5.74, 6) is 0.908. The molecular formula is C27H32N4O2. The van der Waals surface area contributed by atoms with Gasteiger partial charge in [0.05, 0.1) is 25.0 Å². The topological polar surface area (TPSA) is 50.6 Å². The highest BCUT2D eigenvalue weighted by atomic mass is 16.5. The van der Waals surface area contributed by atoms with Gasteiger partial charge in [-0.3, -0.25) is 9.48 Å². The molecule has 3 aromatic rings. The third-order valence-electron chi connectivity index (χ3n) is 6.30. The van der Waals surface area contributed by atoms with Crippen molar-refractivity contribution in [3.63, 3.8) is 0 Å². The van der Waals surface area contributed by atoms with E-state index in [0.717, 1.165) is 48.0 Å². The Hall–Kier alpha value is -3.54. The second kappa shape index (κ2) is 9.94. The lowest BCUT2D eigenvalue weighted by molar-refractivity contribution is -0.126. The predicted molar refractivity (Wildman–Crippen MR) is 133 cm³/mol. The van der Waals surface area contributed by atoms with E-state index in [0.29, 0.717) is 13.1 Å². The van der Waals surface area contributed by atoms with Crippen LogP contribution in [0.25, 0.3) is 6.08 Å². The third-order valence-corrected chi connectivity index (χ3v) is 6.30. The lowest BCUT2D eigenvalue weighted by Crippen LogP contribution is -2.48. The Morgan fingerprint density at radius 2 is 1.70 bits per heavy atom. The summed E-state index contributed by atoms with van der Waals surface area (Å²) >= 11 is 0. The number of anilines is 1. The fraction of sp³-hybridized carbons (Fsp3) is 0.333. The normalized spacial score (nSPS) is 14.2. The monoisotopic (exact) mass is 444 g/mol. The largest absolute Gasteiger partial charge is 0.495 e. The van der Waals surface area contributed by atoms with E-state index in [-0.39, 0.29) is 5.91 Å². The molecule has 33 heavy (non-hydrogen) atoms. The SMILES string of the molecule is COc1ccccc1N1CCN(C(=O)/C=C/c2c(C)nn(Cc3ccc(C)cc3)c2C)CC1. The Morgan fingerprint density at radius 1 is 1.00 bits per heavy atom. The van der Waals surface area contributed by atoms with Crippen LogP contribution in [0.3, 0.4) is 0 Å². The number of carbonyl (C=O) groups is 1. The molecule has 1 amide bonds. The molecule has 0 atom stereocenters. The van der Waals surface area contributed by atoms with Crippen LogP contribution in [0.2, 0.25) is 0 Å². The first-order valence-electron chi connectivity index (χ1n) is 11.4. The summed E-state index contributed by atoms with van der Waals surface area (Å²) in [5, 5.41) is 4.70. The average Bonchev–Trinajstić information content (AvgIpc) is 3.11. The summed E-state index contributed by atoms with van der Waals surface area (Å²) in [7, 11) is 1.69. The Labute approximate surface area is 196 Å². The number of rotatable bonds is 6. The molecule has 2 heterocycles. The van der Waals surface area contributed by atoms with Gasteiger partial charge in [-0.05, 0) is 44.5 Å². The van der Waals surface area contributed by atoms with Crippen LogP contribution in [0.4, 0.5) is 5.69 Å². The Kier molecular flexibility index (Phi) is 6.82. The van der Waals surface area contributed by atoms with Crippen molar-refractivity contribution in [2.75, 3.05) is 38.2 Å². The number of aryl methyl sites for hydroxylation is 2. The molecule has 0 saturated carbocycles. The minimum atomic E-state index is 0.0414. The van der Waals surface area contributed by atoms with Gasteiger partial charge in [-0.25, -0.2) is 0 Å². The fourth-order valence-electron chi connectivity index (χ4n) is 4.29. The summed E-state index contributed by atoms with van der Waals surface area (Å²) in [5.41, 5.74) is 6.56. The maximum atomic E-state index is 12.9. The minimum Gasteiger partial charge on any atom is -0.495 e. The van der Waals surface area contributed by atoms with E-state index in [1.165, 1.54) is 11.1 Å². The van der Waals surface area contributed by atoms with E-state index in [2.05, 4.69) is 49.1 Å². The number of carbonyl (C=O) groups excluding carboxylic acids is 1. The van der Waals surface area contributed by atoms with Gasteiger partial charge in [-0.15, -0.1) is 0 Å². The molecule has 0 radical (unpaired) electrons. The molecule has 0 bridgehead atoms. The Balaban J connectivity index is 1.39. The van der Waals surface area contributed by atoms with E-state index in [1.54, 1.807) is 13.2 Å². The van der Waals surface area contributed by atoms with Crippen molar-refractivity contribution in [1.82, 2.24) is 14.7 Å². The van der Waals surface area contributed by atoms with Crippen molar-refractivity contribution in [1.29, 1.82) is 0 Å². The van der Waals surface area contributed by atoms with Gasteiger partial charge < -0.3 is 14.5 Å². The molecule has 1 aromatic heterocycles. The maximum absolute atomic E-state index is 12.9. The lowest BCUT2D eigenvalue weighted by atomic mass is 10.1. The number of nitrogens with zero attached hydrogens (tertiary/aromatic N) is 4. The number of benzene rings is 2. The second-order valence-corrected chi connectivity index (χ2v) is 8.55. The minimum absolute atomic E-state index is 0.0414. The van der Waals surface area contributed by atoms with Crippen LogP contribution in [-0.4, -0.2) is 53.9 Å². The summed E-state index contributed by atoms with van der Waals surface area (Å²) in [6, 6.07) is 16.5. The van der Waals surface area contributed by atoms with Crippen LogP contribution in [0, 0.1) is 20.8 Å². The van der Waals surface area contributed by atoms with Crippen molar-refractivity contribution in [2.24, 2.45) is 0 Å². The van der Waals surface area contributed by atoms with Crippen LogP contribution < -0.4 is 9.64 Å². The van der Waals surface area contributed by atoms with Gasteiger partial charge in [0.2, 0.25) is 5.91 Å². The molecule has 1 aliphatic heterocycles. The highest BCUT2D eigenvalue weighted by Gasteiger charge is 2.22. The van der Waals surface area contributed by atoms with Crippen LogP contribution >= 0.6 is 0 Å². The molecule has 0 N–H and O–H groups in total. The average molecular weight is 445 g/mol. The van der Waals surface area contributed by atoms with Gasteiger partial charge in [-0.2, -0.15) is 5.10 Å². The van der Waals surface area contributed by atoms with E-state index < -0.39 is 0 Å². The second-order valence-electron chi connectivity index (χ2n) is 8.55. The summed E-state index contributed by atoms with van der Waals surface area (Å²) in [6.45, 7) is 9.81.